The molecule has 90 valence electrons. The van der Waals surface area contributed by atoms with Crippen LogP contribution in [0.15, 0.2) is 0 Å². The third-order valence-corrected chi connectivity index (χ3v) is 5.95. The molecule has 0 unspecified atom stereocenters. The molecule has 0 aromatic rings. The second-order valence-electron chi connectivity index (χ2n) is 4.62. The molecule has 15 heavy (non-hydrogen) atoms. The highest BCUT2D eigenvalue weighted by Crippen LogP contribution is 2.27. The summed E-state index contributed by atoms with van der Waals surface area (Å²) in [5.74, 6) is 0.388. The Hall–Kier alpha value is 0.390. The van der Waals surface area contributed by atoms with Crippen LogP contribution in [0.5, 0.6) is 0 Å². The predicted octanol–water partition coefficient (Wildman–Crippen LogP) is 2.57. The summed E-state index contributed by atoms with van der Waals surface area (Å²) in [4.78, 5) is 0. The molecule has 1 aliphatic rings. The molecule has 5 heteroatoms. The lowest BCUT2D eigenvalue weighted by atomic mass is 10.2. The van der Waals surface area contributed by atoms with Crippen molar-refractivity contribution < 1.29 is 8.42 Å². The Morgan fingerprint density at radius 2 is 1.87 bits per heavy atom. The van der Waals surface area contributed by atoms with E-state index in [0.29, 0.717) is 12.5 Å². The summed E-state index contributed by atoms with van der Waals surface area (Å²) in [6.07, 6.45) is 4.38. The molecule has 0 saturated heterocycles. The lowest BCUT2D eigenvalue weighted by Crippen LogP contribution is -2.41. The van der Waals surface area contributed by atoms with E-state index in [0.717, 1.165) is 25.7 Å². The van der Waals surface area contributed by atoms with Crippen LogP contribution < -0.4 is 0 Å². The number of halogens is 1. The quantitative estimate of drug-likeness (QED) is 0.732. The number of hydrogen-bond acceptors (Lipinski definition) is 2. The van der Waals surface area contributed by atoms with E-state index in [4.69, 9.17) is 0 Å². The van der Waals surface area contributed by atoms with Crippen molar-refractivity contribution >= 4 is 26.0 Å². The van der Waals surface area contributed by atoms with Crippen molar-refractivity contribution in [2.75, 3.05) is 11.2 Å². The van der Waals surface area contributed by atoms with Gasteiger partial charge in [0.2, 0.25) is 10.0 Å². The van der Waals surface area contributed by atoms with Crippen molar-refractivity contribution in [2.45, 2.75) is 45.6 Å². The molecule has 0 aliphatic heterocycles. The topological polar surface area (TPSA) is 37.4 Å². The smallest absolute Gasteiger partial charge is 0.211 e. The fourth-order valence-electron chi connectivity index (χ4n) is 2.10. The number of sulfonamides is 1. The van der Waals surface area contributed by atoms with Gasteiger partial charge in [-0.3, -0.25) is 0 Å². The first-order valence-electron chi connectivity index (χ1n) is 5.53. The van der Waals surface area contributed by atoms with Crippen LogP contribution in [-0.4, -0.2) is 30.0 Å². The molecule has 0 aromatic carbocycles. The maximum Gasteiger partial charge on any atom is 0.224 e. The van der Waals surface area contributed by atoms with Crippen LogP contribution in [0.3, 0.4) is 0 Å². The molecule has 0 heterocycles. The summed E-state index contributed by atoms with van der Waals surface area (Å²) in [6, 6.07) is 0.245. The van der Waals surface area contributed by atoms with Crippen LogP contribution in [0.25, 0.3) is 0 Å². The minimum atomic E-state index is -3.09. The summed E-state index contributed by atoms with van der Waals surface area (Å²) >= 11 is 3.08. The molecule has 1 saturated carbocycles. The SMILES string of the molecule is CC(C)CN(C1CCCC1)S(=O)(=O)CBr. The van der Waals surface area contributed by atoms with E-state index in [1.807, 2.05) is 0 Å². The van der Waals surface area contributed by atoms with Gasteiger partial charge in [0.05, 0.1) is 0 Å². The van der Waals surface area contributed by atoms with Gasteiger partial charge < -0.3 is 0 Å². The maximum atomic E-state index is 11.9. The molecule has 1 fully saturated rings. The summed E-state index contributed by atoms with van der Waals surface area (Å²) in [5.41, 5.74) is 0. The van der Waals surface area contributed by atoms with Crippen LogP contribution >= 0.6 is 15.9 Å². The van der Waals surface area contributed by atoms with Crippen LogP contribution in [0.2, 0.25) is 0 Å². The van der Waals surface area contributed by atoms with Crippen LogP contribution in [0, 0.1) is 5.92 Å². The van der Waals surface area contributed by atoms with Crippen LogP contribution in [-0.2, 0) is 10.0 Å². The van der Waals surface area contributed by atoms with Crippen LogP contribution in [0.4, 0.5) is 0 Å². The molecule has 0 aromatic heterocycles. The lowest BCUT2D eigenvalue weighted by Gasteiger charge is -2.28. The third kappa shape index (κ3) is 3.71. The average molecular weight is 298 g/mol. The third-order valence-electron chi connectivity index (χ3n) is 2.77. The average Bonchev–Trinajstić information content (AvgIpc) is 2.66. The standard InChI is InChI=1S/C10H20BrNO2S/c1-9(2)7-12(15(13,14)8-11)10-5-3-4-6-10/h9-10H,3-8H2,1-2H3. The number of nitrogens with zero attached hydrogens (tertiary/aromatic N) is 1. The first kappa shape index (κ1) is 13.5. The van der Waals surface area contributed by atoms with Gasteiger partial charge in [-0.2, -0.15) is 4.31 Å². The van der Waals surface area contributed by atoms with Crippen molar-refractivity contribution in [2.24, 2.45) is 5.92 Å². The Morgan fingerprint density at radius 1 is 1.33 bits per heavy atom. The Morgan fingerprint density at radius 3 is 2.27 bits per heavy atom. The van der Waals surface area contributed by atoms with Crippen molar-refractivity contribution in [3.8, 4) is 0 Å². The number of hydrogen-bond donors (Lipinski definition) is 0. The maximum absolute atomic E-state index is 11.9. The van der Waals surface area contributed by atoms with Crippen molar-refractivity contribution in [1.29, 1.82) is 0 Å². The highest BCUT2D eigenvalue weighted by molar-refractivity contribution is 9.10. The monoisotopic (exact) mass is 297 g/mol. The molecular weight excluding hydrogens is 278 g/mol. The minimum Gasteiger partial charge on any atom is -0.211 e. The Balaban J connectivity index is 2.77. The van der Waals surface area contributed by atoms with Crippen molar-refractivity contribution in [3.05, 3.63) is 0 Å². The summed E-state index contributed by atoms with van der Waals surface area (Å²) < 4.78 is 25.6. The lowest BCUT2D eigenvalue weighted by molar-refractivity contribution is 0.294. The van der Waals surface area contributed by atoms with E-state index >= 15 is 0 Å². The molecular formula is C10H20BrNO2S. The molecule has 1 aliphatic carbocycles. The van der Waals surface area contributed by atoms with Gasteiger partial charge in [-0.05, 0) is 18.8 Å². The molecule has 0 spiro atoms. The van der Waals surface area contributed by atoms with Crippen LogP contribution in [0.1, 0.15) is 39.5 Å². The normalized spacial score (nSPS) is 19.3. The zero-order valence-corrected chi connectivity index (χ0v) is 11.8. The minimum absolute atomic E-state index is 0.0449. The Labute approximate surface area is 101 Å². The summed E-state index contributed by atoms with van der Waals surface area (Å²) in [6.45, 7) is 4.77. The van der Waals surface area contributed by atoms with E-state index in [1.54, 1.807) is 4.31 Å². The van der Waals surface area contributed by atoms with E-state index in [9.17, 15) is 8.42 Å². The second kappa shape index (κ2) is 5.64. The Kier molecular flexibility index (Phi) is 5.06. The van der Waals surface area contributed by atoms with Gasteiger partial charge >= 0.3 is 0 Å². The highest BCUT2D eigenvalue weighted by atomic mass is 79.9. The zero-order valence-electron chi connectivity index (χ0n) is 9.45. The molecule has 0 atom stereocenters. The largest absolute Gasteiger partial charge is 0.224 e. The molecule has 0 amide bonds. The summed E-state index contributed by atoms with van der Waals surface area (Å²) in [7, 11) is -3.09. The van der Waals surface area contributed by atoms with Gasteiger partial charge in [0.25, 0.3) is 0 Å². The zero-order chi connectivity index (χ0) is 11.5. The fraction of sp³-hybridized carbons (Fsp3) is 1.00. The van der Waals surface area contributed by atoms with Gasteiger partial charge in [0.1, 0.15) is 4.66 Å². The van der Waals surface area contributed by atoms with E-state index in [-0.39, 0.29) is 10.7 Å². The van der Waals surface area contributed by atoms with Crippen molar-refractivity contribution in [3.63, 3.8) is 0 Å². The second-order valence-corrected chi connectivity index (χ2v) is 7.85. The van der Waals surface area contributed by atoms with Gasteiger partial charge in [-0.25, -0.2) is 8.42 Å². The van der Waals surface area contributed by atoms with E-state index in [2.05, 4.69) is 29.8 Å². The predicted molar refractivity (Wildman–Crippen MR) is 66.5 cm³/mol. The fourth-order valence-corrected chi connectivity index (χ4v) is 4.21. The first-order valence-corrected chi connectivity index (χ1v) is 8.26. The van der Waals surface area contributed by atoms with E-state index < -0.39 is 10.0 Å². The summed E-state index contributed by atoms with van der Waals surface area (Å²) in [5, 5.41) is 0. The van der Waals surface area contributed by atoms with Gasteiger partial charge in [-0.1, -0.05) is 42.6 Å². The van der Waals surface area contributed by atoms with Crippen molar-refractivity contribution in [1.82, 2.24) is 4.31 Å². The van der Waals surface area contributed by atoms with Gasteiger partial charge in [0.15, 0.2) is 0 Å². The Bertz CT molecular complexity index is 284. The number of rotatable bonds is 5. The molecule has 0 bridgehead atoms. The van der Waals surface area contributed by atoms with Gasteiger partial charge in [-0.15, -0.1) is 0 Å². The number of alkyl halides is 1. The first-order chi connectivity index (χ1) is 6.97. The van der Waals surface area contributed by atoms with E-state index in [1.165, 1.54) is 0 Å². The molecule has 0 radical (unpaired) electrons. The molecule has 3 nitrogen and oxygen atoms in total. The molecule has 0 N–H and O–H groups in total. The van der Waals surface area contributed by atoms with Gasteiger partial charge in [0, 0.05) is 12.6 Å². The highest BCUT2D eigenvalue weighted by Gasteiger charge is 2.31. The molecule has 1 rings (SSSR count).